The summed E-state index contributed by atoms with van der Waals surface area (Å²) >= 11 is 0. The normalized spacial score (nSPS) is 21.7. The number of carbonyl (C=O) groups is 1. The van der Waals surface area contributed by atoms with Crippen LogP contribution in [-0.4, -0.2) is 24.6 Å². The van der Waals surface area contributed by atoms with Gasteiger partial charge in [0.15, 0.2) is 0 Å². The Balaban J connectivity index is 2.41. The van der Waals surface area contributed by atoms with Crippen LogP contribution in [0.15, 0.2) is 30.4 Å². The molecule has 0 bridgehead atoms. The van der Waals surface area contributed by atoms with Crippen LogP contribution in [0.3, 0.4) is 0 Å². The summed E-state index contributed by atoms with van der Waals surface area (Å²) in [5.74, 6) is 1.13. The van der Waals surface area contributed by atoms with Crippen LogP contribution < -0.4 is 4.74 Å². The smallest absolute Gasteiger partial charge is 0.143 e. The third-order valence-electron chi connectivity index (χ3n) is 4.65. The molecule has 3 heteroatoms. The van der Waals surface area contributed by atoms with E-state index in [1.54, 1.807) is 7.11 Å². The van der Waals surface area contributed by atoms with Gasteiger partial charge in [0, 0.05) is 18.6 Å². The summed E-state index contributed by atoms with van der Waals surface area (Å²) in [6.45, 7) is 2.18. The maximum absolute atomic E-state index is 12.6. The Bertz CT molecular complexity index is 548. The first-order valence-corrected chi connectivity index (χ1v) is 8.10. The zero-order valence-electron chi connectivity index (χ0n) is 13.6. The molecule has 3 nitrogen and oxygen atoms in total. The van der Waals surface area contributed by atoms with Gasteiger partial charge in [-0.1, -0.05) is 24.3 Å². The molecule has 2 rings (SSSR count). The summed E-state index contributed by atoms with van der Waals surface area (Å²) in [6.07, 6.45) is 8.90. The molecule has 1 aromatic carbocycles. The predicted molar refractivity (Wildman–Crippen MR) is 88.4 cm³/mol. The molecule has 0 saturated heterocycles. The van der Waals surface area contributed by atoms with Gasteiger partial charge >= 0.3 is 0 Å². The molecule has 1 aliphatic carbocycles. The SMILES string of the molecule is C/C=C/CC1(c2ccc(CCCO)cc2OC)CCCC1=O. The largest absolute Gasteiger partial charge is 0.496 e. The highest BCUT2D eigenvalue weighted by atomic mass is 16.5. The average molecular weight is 302 g/mol. The van der Waals surface area contributed by atoms with E-state index in [0.717, 1.165) is 49.0 Å². The number of carbonyl (C=O) groups excluding carboxylic acids is 1. The predicted octanol–water partition coefficient (Wildman–Crippen LogP) is 3.58. The average Bonchev–Trinajstić information content (AvgIpc) is 2.92. The molecule has 1 unspecified atom stereocenters. The van der Waals surface area contributed by atoms with Gasteiger partial charge in [-0.25, -0.2) is 0 Å². The van der Waals surface area contributed by atoms with Crippen molar-refractivity contribution in [3.8, 4) is 5.75 Å². The maximum Gasteiger partial charge on any atom is 0.143 e. The summed E-state index contributed by atoms with van der Waals surface area (Å²) in [7, 11) is 1.66. The second kappa shape index (κ2) is 7.59. The number of aryl methyl sites for hydroxylation is 1. The highest BCUT2D eigenvalue weighted by Gasteiger charge is 2.44. The monoisotopic (exact) mass is 302 g/mol. The summed E-state index contributed by atoms with van der Waals surface area (Å²) in [5, 5.41) is 8.97. The molecule has 1 N–H and O–H groups in total. The minimum Gasteiger partial charge on any atom is -0.496 e. The Morgan fingerprint density at radius 2 is 2.23 bits per heavy atom. The lowest BCUT2D eigenvalue weighted by atomic mass is 9.74. The second-order valence-corrected chi connectivity index (χ2v) is 5.99. The van der Waals surface area contributed by atoms with Crippen molar-refractivity contribution in [2.75, 3.05) is 13.7 Å². The van der Waals surface area contributed by atoms with Gasteiger partial charge in [0.2, 0.25) is 0 Å². The Hall–Kier alpha value is -1.61. The second-order valence-electron chi connectivity index (χ2n) is 5.99. The number of ether oxygens (including phenoxy) is 1. The summed E-state index contributed by atoms with van der Waals surface area (Å²) < 4.78 is 5.59. The number of hydrogen-bond donors (Lipinski definition) is 1. The molecule has 1 saturated carbocycles. The number of benzene rings is 1. The molecule has 1 fully saturated rings. The molecule has 0 heterocycles. The van der Waals surface area contributed by atoms with E-state index in [9.17, 15) is 4.79 Å². The lowest BCUT2D eigenvalue weighted by Crippen LogP contribution is -2.31. The number of Topliss-reactive ketones (excluding diaryl/α,β-unsaturated/α-hetero) is 1. The van der Waals surface area contributed by atoms with Crippen molar-refractivity contribution in [3.63, 3.8) is 0 Å². The molecular weight excluding hydrogens is 276 g/mol. The molecule has 120 valence electrons. The number of rotatable bonds is 7. The summed E-state index contributed by atoms with van der Waals surface area (Å²) in [6, 6.07) is 6.14. The van der Waals surface area contributed by atoms with Gasteiger partial charge in [0.05, 0.1) is 12.5 Å². The molecule has 0 radical (unpaired) electrons. The van der Waals surface area contributed by atoms with Crippen LogP contribution in [0.25, 0.3) is 0 Å². The van der Waals surface area contributed by atoms with Crippen molar-refractivity contribution in [1.82, 2.24) is 0 Å². The zero-order valence-corrected chi connectivity index (χ0v) is 13.6. The van der Waals surface area contributed by atoms with E-state index < -0.39 is 5.41 Å². The molecule has 1 aromatic rings. The topological polar surface area (TPSA) is 46.5 Å². The molecular formula is C19H26O3. The van der Waals surface area contributed by atoms with Gasteiger partial charge < -0.3 is 9.84 Å². The van der Waals surface area contributed by atoms with Crippen LogP contribution in [0, 0.1) is 0 Å². The van der Waals surface area contributed by atoms with E-state index in [0.29, 0.717) is 12.2 Å². The fraction of sp³-hybridized carbons (Fsp3) is 0.526. The van der Waals surface area contributed by atoms with Gasteiger partial charge in [0.25, 0.3) is 0 Å². The lowest BCUT2D eigenvalue weighted by Gasteiger charge is -2.29. The van der Waals surface area contributed by atoms with Crippen molar-refractivity contribution in [2.45, 2.75) is 50.9 Å². The molecule has 0 amide bonds. The fourth-order valence-electron chi connectivity index (χ4n) is 3.43. The first-order chi connectivity index (χ1) is 10.7. The number of ketones is 1. The standard InChI is InChI=1S/C19H26O3/c1-3-4-11-19(12-5-8-18(19)21)16-10-9-15(7-6-13-20)14-17(16)22-2/h3-4,9-10,14,20H,5-8,11-13H2,1-2H3/b4-3+. The minimum absolute atomic E-state index is 0.188. The molecule has 0 spiro atoms. The van der Waals surface area contributed by atoms with E-state index in [2.05, 4.69) is 18.2 Å². The van der Waals surface area contributed by atoms with Crippen molar-refractivity contribution >= 4 is 5.78 Å². The first kappa shape index (κ1) is 16.8. The summed E-state index contributed by atoms with van der Waals surface area (Å²) in [5.41, 5.74) is 1.73. The number of aliphatic hydroxyl groups is 1. The fourth-order valence-corrected chi connectivity index (χ4v) is 3.43. The van der Waals surface area contributed by atoms with E-state index >= 15 is 0 Å². The van der Waals surface area contributed by atoms with E-state index in [1.807, 2.05) is 19.1 Å². The Morgan fingerprint density at radius 3 is 2.82 bits per heavy atom. The van der Waals surface area contributed by atoms with Gasteiger partial charge in [-0.2, -0.15) is 0 Å². The Labute approximate surface area is 133 Å². The Morgan fingerprint density at radius 1 is 1.41 bits per heavy atom. The molecule has 0 aliphatic heterocycles. The van der Waals surface area contributed by atoms with Crippen LogP contribution in [0.4, 0.5) is 0 Å². The van der Waals surface area contributed by atoms with Crippen LogP contribution in [-0.2, 0) is 16.6 Å². The van der Waals surface area contributed by atoms with E-state index in [-0.39, 0.29) is 6.61 Å². The van der Waals surface area contributed by atoms with Gasteiger partial charge in [-0.15, -0.1) is 0 Å². The summed E-state index contributed by atoms with van der Waals surface area (Å²) in [4.78, 5) is 12.6. The quantitative estimate of drug-likeness (QED) is 0.783. The first-order valence-electron chi connectivity index (χ1n) is 8.10. The van der Waals surface area contributed by atoms with Crippen LogP contribution >= 0.6 is 0 Å². The van der Waals surface area contributed by atoms with E-state index in [1.165, 1.54) is 0 Å². The number of allylic oxidation sites excluding steroid dienone is 2. The Kier molecular flexibility index (Phi) is 5.78. The minimum atomic E-state index is -0.423. The highest BCUT2D eigenvalue weighted by Crippen LogP contribution is 2.45. The maximum atomic E-state index is 12.6. The zero-order chi connectivity index (χ0) is 16.0. The lowest BCUT2D eigenvalue weighted by molar-refractivity contribution is -0.122. The van der Waals surface area contributed by atoms with Gasteiger partial charge in [-0.05, 0) is 50.7 Å². The third kappa shape index (κ3) is 3.25. The number of aliphatic hydroxyl groups excluding tert-OH is 1. The van der Waals surface area contributed by atoms with Crippen molar-refractivity contribution < 1.29 is 14.6 Å². The molecule has 22 heavy (non-hydrogen) atoms. The third-order valence-corrected chi connectivity index (χ3v) is 4.65. The van der Waals surface area contributed by atoms with Crippen LogP contribution in [0.5, 0.6) is 5.75 Å². The number of methoxy groups -OCH3 is 1. The molecule has 1 atom stereocenters. The van der Waals surface area contributed by atoms with Crippen molar-refractivity contribution in [1.29, 1.82) is 0 Å². The van der Waals surface area contributed by atoms with Crippen LogP contribution in [0.2, 0.25) is 0 Å². The van der Waals surface area contributed by atoms with Crippen molar-refractivity contribution in [3.05, 3.63) is 41.5 Å². The van der Waals surface area contributed by atoms with Gasteiger partial charge in [-0.3, -0.25) is 4.79 Å². The van der Waals surface area contributed by atoms with Gasteiger partial charge in [0.1, 0.15) is 11.5 Å². The van der Waals surface area contributed by atoms with Crippen LogP contribution in [0.1, 0.15) is 50.2 Å². The van der Waals surface area contributed by atoms with Crippen molar-refractivity contribution in [2.24, 2.45) is 0 Å². The molecule has 1 aliphatic rings. The number of hydrogen-bond acceptors (Lipinski definition) is 3. The molecule has 0 aromatic heterocycles. The van der Waals surface area contributed by atoms with E-state index in [4.69, 9.17) is 9.84 Å². The highest BCUT2D eigenvalue weighted by molar-refractivity contribution is 5.93.